The van der Waals surface area contributed by atoms with Crippen LogP contribution in [0.25, 0.3) is 0 Å². The first-order chi connectivity index (χ1) is 3.29. The van der Waals surface area contributed by atoms with Gasteiger partial charge in [0, 0.05) is 21.1 Å². The van der Waals surface area contributed by atoms with Gasteiger partial charge in [-0.1, -0.05) is 0 Å². The molecule has 5 nitrogen and oxygen atoms in total. The van der Waals surface area contributed by atoms with Crippen molar-refractivity contribution >= 4 is 11.9 Å². The maximum Gasteiger partial charge on any atom is 0.241 e. The molecule has 0 radical (unpaired) electrons. The molecule has 5 N–H and O–H groups in total. The number of aromatic nitrogens is 3. The van der Waals surface area contributed by atoms with Gasteiger partial charge in [0.15, 0.2) is 0 Å². The minimum absolute atomic E-state index is 0. The molecule has 0 aliphatic heterocycles. The van der Waals surface area contributed by atoms with E-state index in [9.17, 15) is 0 Å². The van der Waals surface area contributed by atoms with Crippen LogP contribution < -0.4 is 11.5 Å². The molecule has 0 aliphatic carbocycles. The van der Waals surface area contributed by atoms with Crippen LogP contribution in [-0.2, 0) is 21.1 Å². The molecular weight excluding hydrogens is 289 g/mol. The van der Waals surface area contributed by atoms with Crippen LogP contribution in [0, 0.1) is 0 Å². The van der Waals surface area contributed by atoms with Gasteiger partial charge in [0.2, 0.25) is 11.9 Å². The fourth-order valence-electron chi connectivity index (χ4n) is 0.288. The molecular formula is C2H5N5Pt. The molecule has 0 atom stereocenters. The number of aromatic amines is 1. The van der Waals surface area contributed by atoms with Crippen LogP contribution in [-0.4, -0.2) is 15.2 Å². The zero-order valence-corrected chi connectivity index (χ0v) is 6.14. The summed E-state index contributed by atoms with van der Waals surface area (Å²) in [6.07, 6.45) is 0. The van der Waals surface area contributed by atoms with E-state index in [2.05, 4.69) is 15.2 Å². The third-order valence-corrected chi connectivity index (χ3v) is 0.520. The van der Waals surface area contributed by atoms with Crippen molar-refractivity contribution < 1.29 is 21.1 Å². The third-order valence-electron chi connectivity index (χ3n) is 0.520. The first-order valence-electron chi connectivity index (χ1n) is 1.72. The van der Waals surface area contributed by atoms with Gasteiger partial charge in [-0.25, -0.2) is 5.10 Å². The molecule has 0 aromatic carbocycles. The number of nitrogen functional groups attached to an aromatic ring is 2. The van der Waals surface area contributed by atoms with Crippen molar-refractivity contribution in [2.24, 2.45) is 0 Å². The number of H-pyrrole nitrogens is 1. The smallest absolute Gasteiger partial charge is 0.241 e. The van der Waals surface area contributed by atoms with Gasteiger partial charge in [-0.3, -0.25) is 0 Å². The maximum atomic E-state index is 5.07. The Balaban J connectivity index is 0.000000490. The largest absolute Gasteiger partial charge is 0.368 e. The van der Waals surface area contributed by atoms with Gasteiger partial charge in [0.25, 0.3) is 0 Å². The molecule has 1 aromatic rings. The molecule has 0 spiro atoms. The van der Waals surface area contributed by atoms with Crippen LogP contribution >= 0.6 is 0 Å². The van der Waals surface area contributed by atoms with Gasteiger partial charge >= 0.3 is 0 Å². The fourth-order valence-corrected chi connectivity index (χ4v) is 0.288. The number of nitrogens with zero attached hydrogens (tertiary/aromatic N) is 2. The van der Waals surface area contributed by atoms with Gasteiger partial charge in [-0.05, 0) is 0 Å². The summed E-state index contributed by atoms with van der Waals surface area (Å²) in [7, 11) is 0. The van der Waals surface area contributed by atoms with Crippen molar-refractivity contribution in [3.05, 3.63) is 0 Å². The van der Waals surface area contributed by atoms with Crippen molar-refractivity contribution in [3.8, 4) is 0 Å². The number of rotatable bonds is 0. The van der Waals surface area contributed by atoms with E-state index in [1.165, 1.54) is 0 Å². The first kappa shape index (κ1) is 7.43. The topological polar surface area (TPSA) is 93.6 Å². The normalized spacial score (nSPS) is 8.00. The second-order valence-electron chi connectivity index (χ2n) is 1.08. The maximum absolute atomic E-state index is 5.07. The van der Waals surface area contributed by atoms with Gasteiger partial charge in [0.1, 0.15) is 0 Å². The van der Waals surface area contributed by atoms with Crippen LogP contribution in [0.5, 0.6) is 0 Å². The van der Waals surface area contributed by atoms with Crippen molar-refractivity contribution in [2.75, 3.05) is 11.5 Å². The Morgan fingerprint density at radius 3 is 2.12 bits per heavy atom. The Labute approximate surface area is 60.1 Å². The minimum Gasteiger partial charge on any atom is -0.368 e. The quantitative estimate of drug-likeness (QED) is 0.570. The zero-order chi connectivity index (χ0) is 5.28. The molecule has 1 aromatic heterocycles. The molecule has 1 heterocycles. The summed E-state index contributed by atoms with van der Waals surface area (Å²) in [5, 5.41) is 5.79. The average Bonchev–Trinajstić information content (AvgIpc) is 1.87. The van der Waals surface area contributed by atoms with E-state index in [4.69, 9.17) is 11.5 Å². The molecule has 8 heavy (non-hydrogen) atoms. The molecule has 0 bridgehead atoms. The molecule has 0 amide bonds. The van der Waals surface area contributed by atoms with E-state index in [0.29, 0.717) is 0 Å². The monoisotopic (exact) mass is 294 g/mol. The first-order valence-corrected chi connectivity index (χ1v) is 1.72. The Bertz CT molecular complexity index is 143. The molecule has 48 valence electrons. The van der Waals surface area contributed by atoms with Crippen LogP contribution in [0.2, 0.25) is 0 Å². The Kier molecular flexibility index (Phi) is 2.48. The van der Waals surface area contributed by atoms with Crippen LogP contribution in [0.1, 0.15) is 0 Å². The Hall–Kier alpha value is -0.572. The van der Waals surface area contributed by atoms with Crippen LogP contribution in [0.3, 0.4) is 0 Å². The number of nitrogens with one attached hydrogen (secondary N) is 1. The number of anilines is 2. The van der Waals surface area contributed by atoms with E-state index in [1.807, 2.05) is 0 Å². The average molecular weight is 294 g/mol. The van der Waals surface area contributed by atoms with Crippen molar-refractivity contribution in [3.63, 3.8) is 0 Å². The van der Waals surface area contributed by atoms with E-state index >= 15 is 0 Å². The Morgan fingerprint density at radius 2 is 2.00 bits per heavy atom. The second kappa shape index (κ2) is 2.67. The molecule has 0 unspecified atom stereocenters. The second-order valence-corrected chi connectivity index (χ2v) is 1.08. The van der Waals surface area contributed by atoms with Crippen molar-refractivity contribution in [2.45, 2.75) is 0 Å². The third kappa shape index (κ3) is 1.50. The predicted octanol–water partition coefficient (Wildman–Crippen LogP) is -1.03. The molecule has 0 aliphatic rings. The van der Waals surface area contributed by atoms with Gasteiger partial charge < -0.3 is 11.5 Å². The van der Waals surface area contributed by atoms with E-state index in [0.717, 1.165) is 0 Å². The molecule has 0 fully saturated rings. The summed E-state index contributed by atoms with van der Waals surface area (Å²) in [5.41, 5.74) is 10.1. The fraction of sp³-hybridized carbons (Fsp3) is 0. The number of nitrogens with two attached hydrogens (primary N) is 2. The summed E-state index contributed by atoms with van der Waals surface area (Å²) >= 11 is 0. The zero-order valence-electron chi connectivity index (χ0n) is 3.87. The van der Waals surface area contributed by atoms with E-state index < -0.39 is 0 Å². The number of hydrogen-bond acceptors (Lipinski definition) is 4. The summed E-state index contributed by atoms with van der Waals surface area (Å²) < 4.78 is 0. The van der Waals surface area contributed by atoms with Crippen LogP contribution in [0.4, 0.5) is 11.9 Å². The van der Waals surface area contributed by atoms with Crippen molar-refractivity contribution in [1.82, 2.24) is 15.2 Å². The van der Waals surface area contributed by atoms with Gasteiger partial charge in [0.05, 0.1) is 0 Å². The molecule has 6 heteroatoms. The SMILES string of the molecule is Nc1n[nH]c(N)n1.[Pt]. The minimum atomic E-state index is 0. The van der Waals surface area contributed by atoms with E-state index in [-0.39, 0.29) is 33.0 Å². The van der Waals surface area contributed by atoms with Crippen molar-refractivity contribution in [1.29, 1.82) is 0 Å². The van der Waals surface area contributed by atoms with E-state index in [1.54, 1.807) is 0 Å². The summed E-state index contributed by atoms with van der Waals surface area (Å²) in [6, 6.07) is 0. The molecule has 0 saturated carbocycles. The van der Waals surface area contributed by atoms with Gasteiger partial charge in [-0.15, -0.1) is 5.10 Å². The molecule has 1 rings (SSSR count). The molecule has 0 saturated heterocycles. The summed E-state index contributed by atoms with van der Waals surface area (Å²) in [4.78, 5) is 3.50. The summed E-state index contributed by atoms with van der Waals surface area (Å²) in [5.74, 6) is 0.426. The number of hydrogen-bond donors (Lipinski definition) is 3. The van der Waals surface area contributed by atoms with Gasteiger partial charge in [-0.2, -0.15) is 4.98 Å². The van der Waals surface area contributed by atoms with Crippen LogP contribution in [0.15, 0.2) is 0 Å². The predicted molar refractivity (Wildman–Crippen MR) is 25.2 cm³/mol. The Morgan fingerprint density at radius 1 is 1.38 bits per heavy atom. The summed E-state index contributed by atoms with van der Waals surface area (Å²) in [6.45, 7) is 0. The standard InChI is InChI=1S/C2H5N5.Pt/c3-1-5-2(4)7-6-1;/h(H5,3,4,5,6,7);.